The number of nitrogens with zero attached hydrogens (tertiary/aromatic N) is 7. The summed E-state index contributed by atoms with van der Waals surface area (Å²) in [5.74, 6) is 0. The second kappa shape index (κ2) is 12.5. The molecule has 0 fully saturated rings. The molecule has 6 aromatic heterocycles. The van der Waals surface area contributed by atoms with Gasteiger partial charge in [-0.1, -0.05) is 133 Å². The second-order valence-corrected chi connectivity index (χ2v) is 16.0. The van der Waals surface area contributed by atoms with E-state index in [2.05, 4.69) is 159 Å². The Morgan fingerprint density at radius 2 is 0.871 bits per heavy atom. The van der Waals surface area contributed by atoms with Crippen molar-refractivity contribution in [1.82, 2.24) is 33.7 Å². The third-order valence-electron chi connectivity index (χ3n) is 12.9. The Bertz CT molecular complexity index is 4160. The molecule has 286 valence electrons. The molecule has 0 amide bonds. The van der Waals surface area contributed by atoms with E-state index in [9.17, 15) is 0 Å². The van der Waals surface area contributed by atoms with E-state index in [0.717, 1.165) is 110 Å². The highest BCUT2D eigenvalue weighted by atomic mass is 15.1. The van der Waals surface area contributed by atoms with E-state index in [1.165, 1.54) is 21.5 Å². The highest BCUT2D eigenvalue weighted by Gasteiger charge is 2.26. The molecule has 0 unspecified atom stereocenters. The molecular formula is C55H31N7. The molecule has 6 heterocycles. The highest BCUT2D eigenvalue weighted by Crippen LogP contribution is 2.41. The maximum Gasteiger partial charge on any atom is 0.165 e. The standard InChI is InChI=1S/C55H31N7/c1-3-13-35-33(11-1)29-45(39-17-7-5-15-37(35)39)48(46-30-34-12-2-4-14-36(34)38-16-6-8-18-40(38)46)55-61-51-41(19-9-21-43(51)49-53(61)58-28-27-57-49)42-20-10-22-44-50-54(62(55)52(42)44)59-31-47(60-50)32-23-25-56-26-24-32/h1-31H. The summed E-state index contributed by atoms with van der Waals surface area (Å²) < 4.78 is 4.74. The van der Waals surface area contributed by atoms with Crippen LogP contribution in [0, 0.1) is 0 Å². The summed E-state index contributed by atoms with van der Waals surface area (Å²) in [7, 11) is 0. The summed E-state index contributed by atoms with van der Waals surface area (Å²) in [5.41, 5.74) is 11.1. The predicted molar refractivity (Wildman–Crippen MR) is 253 cm³/mol. The fourth-order valence-corrected chi connectivity index (χ4v) is 10.3. The quantitative estimate of drug-likeness (QED) is 0.167. The zero-order chi connectivity index (χ0) is 40.5. The Hall–Kier alpha value is -8.55. The van der Waals surface area contributed by atoms with E-state index in [4.69, 9.17) is 19.9 Å². The van der Waals surface area contributed by atoms with Crippen molar-refractivity contribution in [3.05, 3.63) is 205 Å². The number of rotatable bonds is 3. The van der Waals surface area contributed by atoms with Gasteiger partial charge in [-0.3, -0.25) is 18.8 Å². The van der Waals surface area contributed by atoms with Crippen LogP contribution in [0.15, 0.2) is 189 Å². The van der Waals surface area contributed by atoms with Gasteiger partial charge in [-0.15, -0.1) is 0 Å². The fourth-order valence-electron chi connectivity index (χ4n) is 10.3. The number of fused-ring (bicyclic) bond motifs is 13. The van der Waals surface area contributed by atoms with Gasteiger partial charge in [0.25, 0.3) is 0 Å². The van der Waals surface area contributed by atoms with Gasteiger partial charge in [0.15, 0.2) is 11.3 Å². The largest absolute Gasteiger partial charge is 0.276 e. The zero-order valence-corrected chi connectivity index (χ0v) is 33.0. The SMILES string of the molecule is c1ccc2c(c1)cc(C(c1cc3ccccc3c3ccccc13)=c1n3c4nccnc4c4cccc(c5cccc6c7nc(-c8ccncc8)cnc7n1c56)c43)c1ccccc12. The van der Waals surface area contributed by atoms with Gasteiger partial charge in [0.2, 0.25) is 0 Å². The van der Waals surface area contributed by atoms with Gasteiger partial charge >= 0.3 is 0 Å². The van der Waals surface area contributed by atoms with Crippen molar-refractivity contribution in [3.63, 3.8) is 0 Å². The number of hydrogen-bond donors (Lipinski definition) is 0. The van der Waals surface area contributed by atoms with Crippen LogP contribution in [0.1, 0.15) is 11.1 Å². The Morgan fingerprint density at radius 1 is 0.387 bits per heavy atom. The number of para-hydroxylation sites is 2. The van der Waals surface area contributed by atoms with Crippen LogP contribution in [0.5, 0.6) is 0 Å². The first-order valence-corrected chi connectivity index (χ1v) is 20.8. The number of benzene rings is 8. The summed E-state index contributed by atoms with van der Waals surface area (Å²) >= 11 is 0. The van der Waals surface area contributed by atoms with Crippen molar-refractivity contribution in [2.45, 2.75) is 0 Å². The van der Waals surface area contributed by atoms with Crippen LogP contribution in [-0.4, -0.2) is 33.7 Å². The van der Waals surface area contributed by atoms with E-state index in [1.54, 1.807) is 24.8 Å². The van der Waals surface area contributed by atoms with Crippen LogP contribution in [0.3, 0.4) is 0 Å². The molecule has 14 aromatic rings. The molecule has 0 spiro atoms. The minimum atomic E-state index is 0.750. The average Bonchev–Trinajstić information content (AvgIpc) is 3.81. The van der Waals surface area contributed by atoms with Crippen molar-refractivity contribution in [1.29, 1.82) is 0 Å². The number of hydrogen-bond acceptors (Lipinski definition) is 5. The van der Waals surface area contributed by atoms with Crippen LogP contribution >= 0.6 is 0 Å². The van der Waals surface area contributed by atoms with Gasteiger partial charge in [-0.05, 0) is 78.5 Å². The lowest BCUT2D eigenvalue weighted by Gasteiger charge is -2.18. The molecule has 0 N–H and O–H groups in total. The molecule has 0 saturated carbocycles. The third-order valence-corrected chi connectivity index (χ3v) is 12.9. The van der Waals surface area contributed by atoms with Crippen molar-refractivity contribution < 1.29 is 0 Å². The van der Waals surface area contributed by atoms with Crippen molar-refractivity contribution in [2.75, 3.05) is 0 Å². The summed E-state index contributed by atoms with van der Waals surface area (Å²) in [4.78, 5) is 25.4. The van der Waals surface area contributed by atoms with Crippen molar-refractivity contribution in [2.24, 2.45) is 0 Å². The summed E-state index contributed by atoms with van der Waals surface area (Å²) in [6, 6.07) is 57.0. The molecule has 8 aromatic carbocycles. The zero-order valence-electron chi connectivity index (χ0n) is 33.0. The smallest absolute Gasteiger partial charge is 0.165 e. The highest BCUT2D eigenvalue weighted by molar-refractivity contribution is 6.23. The minimum absolute atomic E-state index is 0.750. The first kappa shape index (κ1) is 33.3. The van der Waals surface area contributed by atoms with Crippen LogP contribution in [0.4, 0.5) is 0 Å². The van der Waals surface area contributed by atoms with Gasteiger partial charge < -0.3 is 0 Å². The Labute approximate surface area is 352 Å². The molecule has 0 atom stereocenters. The maximum atomic E-state index is 5.45. The molecule has 0 bridgehead atoms. The molecule has 7 heteroatoms. The molecule has 0 aliphatic carbocycles. The van der Waals surface area contributed by atoms with Gasteiger partial charge in [-0.2, -0.15) is 0 Å². The minimum Gasteiger partial charge on any atom is -0.276 e. The predicted octanol–water partition coefficient (Wildman–Crippen LogP) is 12.0. The molecule has 0 radical (unpaired) electrons. The molecule has 62 heavy (non-hydrogen) atoms. The Kier molecular flexibility index (Phi) is 6.71. The van der Waals surface area contributed by atoms with Crippen LogP contribution < -0.4 is 5.48 Å². The lowest BCUT2D eigenvalue weighted by molar-refractivity contribution is 0.999. The van der Waals surface area contributed by atoms with E-state index >= 15 is 0 Å². The average molecular weight is 790 g/mol. The summed E-state index contributed by atoms with van der Waals surface area (Å²) in [5, 5.41) is 13.6. The van der Waals surface area contributed by atoms with Gasteiger partial charge in [-0.25, -0.2) is 15.0 Å². The summed E-state index contributed by atoms with van der Waals surface area (Å²) in [6.07, 6.45) is 9.11. The van der Waals surface area contributed by atoms with E-state index < -0.39 is 0 Å². The van der Waals surface area contributed by atoms with E-state index in [1.807, 2.05) is 18.3 Å². The Morgan fingerprint density at radius 3 is 1.48 bits per heavy atom. The first-order chi connectivity index (χ1) is 30.8. The van der Waals surface area contributed by atoms with Crippen LogP contribution in [0.25, 0.3) is 115 Å². The lowest BCUT2D eigenvalue weighted by Crippen LogP contribution is -2.25. The van der Waals surface area contributed by atoms with Crippen molar-refractivity contribution in [3.8, 4) is 11.3 Å². The van der Waals surface area contributed by atoms with Gasteiger partial charge in [0, 0.05) is 57.5 Å². The van der Waals surface area contributed by atoms with Gasteiger partial charge in [0.1, 0.15) is 16.5 Å². The topological polar surface area (TPSA) is 73.3 Å². The maximum absolute atomic E-state index is 5.45. The third kappa shape index (κ3) is 4.45. The van der Waals surface area contributed by atoms with E-state index in [-0.39, 0.29) is 0 Å². The monoisotopic (exact) mass is 789 g/mol. The van der Waals surface area contributed by atoms with Crippen molar-refractivity contribution >= 4 is 104 Å². The summed E-state index contributed by atoms with van der Waals surface area (Å²) in [6.45, 7) is 0. The normalized spacial score (nSPS) is 12.2. The number of aromatic nitrogens is 7. The lowest BCUT2D eigenvalue weighted by atomic mass is 9.86. The molecule has 0 saturated heterocycles. The Balaban J connectivity index is 1.37. The second-order valence-electron chi connectivity index (χ2n) is 16.0. The molecule has 0 aliphatic heterocycles. The molecule has 0 aliphatic rings. The van der Waals surface area contributed by atoms with Crippen LogP contribution in [-0.2, 0) is 0 Å². The fraction of sp³-hybridized carbons (Fsp3) is 0. The van der Waals surface area contributed by atoms with Crippen LogP contribution in [0.2, 0.25) is 0 Å². The molecule has 7 nitrogen and oxygen atoms in total. The van der Waals surface area contributed by atoms with Gasteiger partial charge in [0.05, 0.1) is 22.9 Å². The first-order valence-electron chi connectivity index (χ1n) is 20.8. The number of pyridine rings is 1. The molecule has 14 rings (SSSR count). The molecular weight excluding hydrogens is 759 g/mol. The van der Waals surface area contributed by atoms with E-state index in [0.29, 0.717) is 0 Å².